The Balaban J connectivity index is 1.33. The molecule has 4 rings (SSSR count). The van der Waals surface area contributed by atoms with Gasteiger partial charge in [-0.1, -0.05) is 12.1 Å². The number of anilines is 2. The second-order valence-corrected chi connectivity index (χ2v) is 7.26. The molecular formula is C19H19N7OS. The van der Waals surface area contributed by atoms with Crippen LogP contribution in [0.2, 0.25) is 0 Å². The highest BCUT2D eigenvalue weighted by Crippen LogP contribution is 2.19. The lowest BCUT2D eigenvalue weighted by atomic mass is 10.3. The van der Waals surface area contributed by atoms with Crippen LogP contribution in [0.3, 0.4) is 0 Å². The van der Waals surface area contributed by atoms with E-state index in [0.29, 0.717) is 23.3 Å². The number of H-pyrrole nitrogens is 1. The Morgan fingerprint density at radius 2 is 1.89 bits per heavy atom. The third-order valence-corrected chi connectivity index (χ3v) is 4.79. The lowest BCUT2D eigenvalue weighted by Gasteiger charge is -2.03. The van der Waals surface area contributed by atoms with Crippen molar-refractivity contribution in [3.63, 3.8) is 0 Å². The number of nitrogens with zero attached hydrogens (tertiary/aromatic N) is 4. The van der Waals surface area contributed by atoms with Gasteiger partial charge in [0.25, 0.3) is 0 Å². The number of hydrogen-bond donors (Lipinski definition) is 3. The van der Waals surface area contributed by atoms with Crippen LogP contribution in [0.1, 0.15) is 22.9 Å². The van der Waals surface area contributed by atoms with E-state index in [1.807, 2.05) is 49.6 Å². The number of aromatic nitrogens is 5. The average Bonchev–Trinajstić information content (AvgIpc) is 3.25. The summed E-state index contributed by atoms with van der Waals surface area (Å²) in [6.07, 6.45) is 0.201. The van der Waals surface area contributed by atoms with E-state index in [2.05, 4.69) is 35.6 Å². The van der Waals surface area contributed by atoms with Gasteiger partial charge in [0.1, 0.15) is 5.82 Å². The number of aryl methyl sites for hydroxylation is 2. The van der Waals surface area contributed by atoms with Crippen molar-refractivity contribution in [2.75, 3.05) is 5.32 Å². The van der Waals surface area contributed by atoms with E-state index < -0.39 is 0 Å². The summed E-state index contributed by atoms with van der Waals surface area (Å²) in [5.74, 6) is 1.12. The minimum atomic E-state index is -0.111. The zero-order valence-electron chi connectivity index (χ0n) is 15.5. The third-order valence-electron chi connectivity index (χ3n) is 3.99. The maximum absolute atomic E-state index is 12.2. The van der Waals surface area contributed by atoms with Crippen molar-refractivity contribution in [1.82, 2.24) is 30.2 Å². The average molecular weight is 393 g/mol. The van der Waals surface area contributed by atoms with Gasteiger partial charge in [-0.3, -0.25) is 4.79 Å². The highest BCUT2D eigenvalue weighted by atomic mass is 32.1. The standard InChI is InChI=1S/C19H19N7OS/c1-11-7-12(2)22-18(21-11)26-19-23-13(10-28-19)8-17(27)20-9-16-24-14-5-3-4-6-15(14)25-16/h3-7,10H,8-9H2,1-2H3,(H,20,27)(H,24,25)(H,21,22,23,26). The zero-order chi connectivity index (χ0) is 19.5. The molecule has 9 heteroatoms. The molecule has 0 saturated heterocycles. The number of carbonyl (C=O) groups is 1. The third kappa shape index (κ3) is 4.32. The van der Waals surface area contributed by atoms with Crippen molar-refractivity contribution in [3.8, 4) is 0 Å². The summed E-state index contributed by atoms with van der Waals surface area (Å²) in [6.45, 7) is 4.18. The van der Waals surface area contributed by atoms with Crippen LogP contribution in [0.25, 0.3) is 11.0 Å². The first-order chi connectivity index (χ1) is 13.5. The number of aromatic amines is 1. The fourth-order valence-electron chi connectivity index (χ4n) is 2.82. The highest BCUT2D eigenvalue weighted by Gasteiger charge is 2.10. The molecule has 3 heterocycles. The number of amides is 1. The number of imidazole rings is 1. The van der Waals surface area contributed by atoms with E-state index in [4.69, 9.17) is 0 Å². The van der Waals surface area contributed by atoms with Crippen molar-refractivity contribution in [2.24, 2.45) is 0 Å². The Kier molecular flexibility index (Phi) is 4.98. The van der Waals surface area contributed by atoms with E-state index in [1.54, 1.807) is 0 Å². The molecule has 3 aromatic heterocycles. The van der Waals surface area contributed by atoms with Crippen molar-refractivity contribution in [3.05, 3.63) is 58.6 Å². The second-order valence-electron chi connectivity index (χ2n) is 6.40. The van der Waals surface area contributed by atoms with Gasteiger partial charge in [-0.2, -0.15) is 0 Å². The van der Waals surface area contributed by atoms with Gasteiger partial charge in [0.05, 0.1) is 29.7 Å². The van der Waals surface area contributed by atoms with E-state index in [-0.39, 0.29) is 12.3 Å². The van der Waals surface area contributed by atoms with Gasteiger partial charge >= 0.3 is 0 Å². The molecule has 8 nitrogen and oxygen atoms in total. The summed E-state index contributed by atoms with van der Waals surface area (Å²) in [5, 5.41) is 8.47. The maximum Gasteiger partial charge on any atom is 0.229 e. The van der Waals surface area contributed by atoms with Crippen LogP contribution < -0.4 is 10.6 Å². The van der Waals surface area contributed by atoms with Gasteiger partial charge in [0.15, 0.2) is 5.13 Å². The molecule has 1 aromatic carbocycles. The Hall–Kier alpha value is -3.33. The normalized spacial score (nSPS) is 10.9. The molecular weight excluding hydrogens is 374 g/mol. The monoisotopic (exact) mass is 393 g/mol. The quantitative estimate of drug-likeness (QED) is 0.465. The first kappa shape index (κ1) is 18.1. The Labute approximate surface area is 165 Å². The fourth-order valence-corrected chi connectivity index (χ4v) is 3.53. The Bertz CT molecular complexity index is 1080. The summed E-state index contributed by atoms with van der Waals surface area (Å²) in [7, 11) is 0. The molecule has 0 atom stereocenters. The number of para-hydroxylation sites is 2. The maximum atomic E-state index is 12.2. The van der Waals surface area contributed by atoms with Crippen LogP contribution in [0.15, 0.2) is 35.7 Å². The van der Waals surface area contributed by atoms with Crippen LogP contribution in [-0.2, 0) is 17.8 Å². The molecule has 0 aliphatic carbocycles. The van der Waals surface area contributed by atoms with Gasteiger partial charge in [0, 0.05) is 16.8 Å². The van der Waals surface area contributed by atoms with Gasteiger partial charge in [0.2, 0.25) is 11.9 Å². The van der Waals surface area contributed by atoms with Crippen LogP contribution in [0.5, 0.6) is 0 Å². The van der Waals surface area contributed by atoms with Crippen molar-refractivity contribution < 1.29 is 4.79 Å². The molecule has 0 spiro atoms. The molecule has 1 amide bonds. The van der Waals surface area contributed by atoms with Crippen LogP contribution in [0.4, 0.5) is 11.1 Å². The largest absolute Gasteiger partial charge is 0.349 e. The lowest BCUT2D eigenvalue weighted by molar-refractivity contribution is -0.120. The molecule has 0 unspecified atom stereocenters. The molecule has 0 radical (unpaired) electrons. The summed E-state index contributed by atoms with van der Waals surface area (Å²) in [4.78, 5) is 33.0. The minimum Gasteiger partial charge on any atom is -0.349 e. The molecule has 0 aliphatic heterocycles. The van der Waals surface area contributed by atoms with Crippen molar-refractivity contribution in [1.29, 1.82) is 0 Å². The smallest absolute Gasteiger partial charge is 0.229 e. The first-order valence-electron chi connectivity index (χ1n) is 8.79. The number of thiazole rings is 1. The fraction of sp³-hybridized carbons (Fsp3) is 0.211. The molecule has 0 aliphatic rings. The zero-order valence-corrected chi connectivity index (χ0v) is 16.3. The molecule has 142 valence electrons. The molecule has 0 saturated carbocycles. The SMILES string of the molecule is Cc1cc(C)nc(Nc2nc(CC(=O)NCc3nc4ccccc4[nH]3)cs2)n1. The van der Waals surface area contributed by atoms with E-state index >= 15 is 0 Å². The first-order valence-corrected chi connectivity index (χ1v) is 9.67. The van der Waals surface area contributed by atoms with Gasteiger partial charge in [-0.15, -0.1) is 11.3 Å². The summed E-state index contributed by atoms with van der Waals surface area (Å²) < 4.78 is 0. The molecule has 28 heavy (non-hydrogen) atoms. The number of carbonyl (C=O) groups excluding carboxylic acids is 1. The van der Waals surface area contributed by atoms with Crippen molar-refractivity contribution in [2.45, 2.75) is 26.8 Å². The number of benzene rings is 1. The summed E-state index contributed by atoms with van der Waals surface area (Å²) in [6, 6.07) is 9.67. The topological polar surface area (TPSA) is 108 Å². The summed E-state index contributed by atoms with van der Waals surface area (Å²) >= 11 is 1.41. The number of hydrogen-bond acceptors (Lipinski definition) is 7. The molecule has 3 N–H and O–H groups in total. The Morgan fingerprint density at radius 1 is 1.11 bits per heavy atom. The second kappa shape index (κ2) is 7.73. The minimum absolute atomic E-state index is 0.111. The van der Waals surface area contributed by atoms with Gasteiger partial charge in [-0.25, -0.2) is 19.9 Å². The van der Waals surface area contributed by atoms with Crippen LogP contribution in [0, 0.1) is 13.8 Å². The van der Waals surface area contributed by atoms with E-state index in [0.717, 1.165) is 28.2 Å². The highest BCUT2D eigenvalue weighted by molar-refractivity contribution is 7.13. The number of fused-ring (bicyclic) bond motifs is 1. The van der Waals surface area contributed by atoms with Crippen molar-refractivity contribution >= 4 is 39.4 Å². The predicted octanol–water partition coefficient (Wildman–Crippen LogP) is 3.03. The number of rotatable bonds is 6. The summed E-state index contributed by atoms with van der Waals surface area (Å²) in [5.41, 5.74) is 4.30. The van der Waals surface area contributed by atoms with Gasteiger partial charge < -0.3 is 15.6 Å². The lowest BCUT2D eigenvalue weighted by Crippen LogP contribution is -2.25. The van der Waals surface area contributed by atoms with Crippen LogP contribution in [-0.4, -0.2) is 30.8 Å². The predicted molar refractivity (Wildman–Crippen MR) is 109 cm³/mol. The van der Waals surface area contributed by atoms with Crippen LogP contribution >= 0.6 is 11.3 Å². The number of nitrogens with one attached hydrogen (secondary N) is 3. The molecule has 4 aromatic rings. The van der Waals surface area contributed by atoms with E-state index in [9.17, 15) is 4.79 Å². The van der Waals surface area contributed by atoms with E-state index in [1.165, 1.54) is 11.3 Å². The Morgan fingerprint density at radius 3 is 2.68 bits per heavy atom. The molecule has 0 bridgehead atoms. The van der Waals surface area contributed by atoms with Gasteiger partial charge in [-0.05, 0) is 32.0 Å². The molecule has 0 fully saturated rings.